The summed E-state index contributed by atoms with van der Waals surface area (Å²) in [7, 11) is 0. The Balaban J connectivity index is 0.00000102. The summed E-state index contributed by atoms with van der Waals surface area (Å²) in [5, 5.41) is 8.23. The topological polar surface area (TPSA) is 64.1 Å². The van der Waals surface area contributed by atoms with Crippen LogP contribution in [0.15, 0.2) is 127 Å². The number of nitrogens with two attached hydrogens (primary N) is 2. The number of anilines is 3. The molecule has 0 aromatic heterocycles. The van der Waals surface area contributed by atoms with Crippen LogP contribution in [0.3, 0.4) is 0 Å². The molecule has 43 heavy (non-hydrogen) atoms. The molecule has 0 spiro atoms. The molecule has 3 heteroatoms. The lowest BCUT2D eigenvalue weighted by atomic mass is 9.86. The number of para-hydroxylation sites is 2. The molecule has 0 atom stereocenters. The second-order valence-corrected chi connectivity index (χ2v) is 9.47. The van der Waals surface area contributed by atoms with Gasteiger partial charge in [0.25, 0.3) is 0 Å². The molecule has 0 radical (unpaired) electrons. The lowest BCUT2D eigenvalue weighted by Gasteiger charge is -2.18. The average Bonchev–Trinajstić information content (AvgIpc) is 3.07. The first kappa shape index (κ1) is 30.5. The number of rotatable bonds is 5. The standard InChI is InChI=1S/C36H27N3.2C2H6/c1-2-9-32(37)24-16-18-25(19-17-24)35-28-10-3-5-12-30(28)36(31-13-6-4-11-29(31)35)26-20-22-27(23-21-26)39-34-15-8-7-14-33(34)38;2*1-2/h1,3-23,39H,37-38H2;2*1-2H3/b32-9-;;. The molecule has 0 aliphatic rings. The van der Waals surface area contributed by atoms with Crippen LogP contribution in [-0.2, 0) is 0 Å². The molecule has 6 aromatic rings. The summed E-state index contributed by atoms with van der Waals surface area (Å²) in [6.07, 6.45) is 7.00. The van der Waals surface area contributed by atoms with E-state index in [1.54, 1.807) is 6.08 Å². The highest BCUT2D eigenvalue weighted by molar-refractivity contribution is 6.21. The summed E-state index contributed by atoms with van der Waals surface area (Å²) < 4.78 is 0. The predicted molar refractivity (Wildman–Crippen MR) is 190 cm³/mol. The van der Waals surface area contributed by atoms with Crippen molar-refractivity contribution in [2.75, 3.05) is 11.1 Å². The van der Waals surface area contributed by atoms with Crippen molar-refractivity contribution in [2.45, 2.75) is 27.7 Å². The number of hydrogen-bond donors (Lipinski definition) is 3. The molecular weight excluding hydrogens is 522 g/mol. The van der Waals surface area contributed by atoms with Gasteiger partial charge in [0, 0.05) is 17.5 Å². The molecular formula is C40H39N3. The molecule has 0 bridgehead atoms. The van der Waals surface area contributed by atoms with Crippen LogP contribution >= 0.6 is 0 Å². The van der Waals surface area contributed by atoms with Crippen LogP contribution in [0, 0.1) is 12.3 Å². The molecule has 6 aromatic carbocycles. The lowest BCUT2D eigenvalue weighted by molar-refractivity contribution is 1.50. The highest BCUT2D eigenvalue weighted by atomic mass is 14.9. The third-order valence-electron chi connectivity index (χ3n) is 7.09. The fourth-order valence-corrected chi connectivity index (χ4v) is 5.24. The maximum Gasteiger partial charge on any atom is 0.0617 e. The minimum atomic E-state index is 0.585. The van der Waals surface area contributed by atoms with Gasteiger partial charge >= 0.3 is 0 Å². The highest BCUT2D eigenvalue weighted by Gasteiger charge is 2.16. The van der Waals surface area contributed by atoms with Gasteiger partial charge in [-0.2, -0.15) is 0 Å². The van der Waals surface area contributed by atoms with Gasteiger partial charge in [0.1, 0.15) is 0 Å². The molecule has 0 amide bonds. The van der Waals surface area contributed by atoms with E-state index in [0.717, 1.165) is 33.8 Å². The van der Waals surface area contributed by atoms with Crippen LogP contribution < -0.4 is 16.8 Å². The van der Waals surface area contributed by atoms with Gasteiger partial charge in [0.2, 0.25) is 0 Å². The quantitative estimate of drug-likeness (QED) is 0.111. The van der Waals surface area contributed by atoms with Gasteiger partial charge in [-0.1, -0.05) is 131 Å². The molecule has 0 heterocycles. The summed E-state index contributed by atoms with van der Waals surface area (Å²) in [6.45, 7) is 8.00. The van der Waals surface area contributed by atoms with Gasteiger partial charge in [-0.05, 0) is 73.6 Å². The number of nitrogen functional groups attached to an aromatic ring is 1. The summed E-state index contributed by atoms with van der Waals surface area (Å²) in [5.41, 5.74) is 21.1. The minimum absolute atomic E-state index is 0.585. The van der Waals surface area contributed by atoms with Gasteiger partial charge in [0.15, 0.2) is 0 Å². The molecule has 0 aliphatic carbocycles. The molecule has 0 saturated carbocycles. The van der Waals surface area contributed by atoms with Gasteiger partial charge in [-0.25, -0.2) is 0 Å². The smallest absolute Gasteiger partial charge is 0.0617 e. The van der Waals surface area contributed by atoms with Crippen LogP contribution in [0.1, 0.15) is 33.3 Å². The van der Waals surface area contributed by atoms with Crippen LogP contribution in [-0.4, -0.2) is 0 Å². The second-order valence-electron chi connectivity index (χ2n) is 9.47. The van der Waals surface area contributed by atoms with E-state index >= 15 is 0 Å². The normalized spacial score (nSPS) is 10.6. The lowest BCUT2D eigenvalue weighted by Crippen LogP contribution is -1.96. The predicted octanol–water partition coefficient (Wildman–Crippen LogP) is 10.6. The van der Waals surface area contributed by atoms with Crippen LogP contribution in [0.5, 0.6) is 0 Å². The third-order valence-corrected chi connectivity index (χ3v) is 7.09. The van der Waals surface area contributed by atoms with Crippen molar-refractivity contribution >= 4 is 44.3 Å². The van der Waals surface area contributed by atoms with Crippen molar-refractivity contribution in [3.63, 3.8) is 0 Å². The Morgan fingerprint density at radius 3 is 1.47 bits per heavy atom. The highest BCUT2D eigenvalue weighted by Crippen LogP contribution is 2.43. The van der Waals surface area contributed by atoms with Gasteiger partial charge in [-0.15, -0.1) is 6.42 Å². The van der Waals surface area contributed by atoms with E-state index in [0.29, 0.717) is 5.70 Å². The summed E-state index contributed by atoms with van der Waals surface area (Å²) in [4.78, 5) is 0. The molecule has 6 rings (SSSR count). The number of benzene rings is 6. The number of nitrogens with one attached hydrogen (secondary N) is 1. The fourth-order valence-electron chi connectivity index (χ4n) is 5.24. The molecule has 0 saturated heterocycles. The van der Waals surface area contributed by atoms with Crippen molar-refractivity contribution in [1.82, 2.24) is 0 Å². The van der Waals surface area contributed by atoms with Crippen molar-refractivity contribution < 1.29 is 0 Å². The van der Waals surface area contributed by atoms with E-state index in [4.69, 9.17) is 17.9 Å². The zero-order chi connectivity index (χ0) is 30.8. The van der Waals surface area contributed by atoms with Gasteiger partial charge in [0.05, 0.1) is 11.4 Å². The molecule has 0 fully saturated rings. The van der Waals surface area contributed by atoms with Crippen LogP contribution in [0.25, 0.3) is 49.5 Å². The van der Waals surface area contributed by atoms with Gasteiger partial charge < -0.3 is 16.8 Å². The number of fused-ring (bicyclic) bond motifs is 2. The number of hydrogen-bond acceptors (Lipinski definition) is 3. The van der Waals surface area contributed by atoms with Crippen molar-refractivity contribution in [1.29, 1.82) is 0 Å². The molecule has 0 aliphatic heterocycles. The van der Waals surface area contributed by atoms with E-state index in [1.165, 1.54) is 32.7 Å². The molecule has 0 unspecified atom stereocenters. The Kier molecular flexibility index (Phi) is 10.2. The third kappa shape index (κ3) is 6.40. The Bertz CT molecular complexity index is 1830. The first-order valence-electron chi connectivity index (χ1n) is 14.8. The second kappa shape index (κ2) is 14.4. The average molecular weight is 562 g/mol. The number of terminal acetylenes is 1. The Morgan fingerprint density at radius 1 is 0.605 bits per heavy atom. The first-order chi connectivity index (χ1) is 21.1. The monoisotopic (exact) mass is 561 g/mol. The Labute approximate surface area is 255 Å². The number of allylic oxidation sites excluding steroid dienone is 1. The van der Waals surface area contributed by atoms with Crippen LogP contribution in [0.4, 0.5) is 17.1 Å². The van der Waals surface area contributed by atoms with E-state index in [-0.39, 0.29) is 0 Å². The zero-order valence-electron chi connectivity index (χ0n) is 25.4. The Morgan fingerprint density at radius 2 is 1.02 bits per heavy atom. The minimum Gasteiger partial charge on any atom is -0.398 e. The maximum absolute atomic E-state index is 6.13. The summed E-state index contributed by atoms with van der Waals surface area (Å²) in [6, 6.07) is 41.9. The van der Waals surface area contributed by atoms with E-state index in [2.05, 4.69) is 96.2 Å². The molecule has 3 nitrogen and oxygen atoms in total. The first-order valence-corrected chi connectivity index (χ1v) is 14.8. The fraction of sp³-hybridized carbons (Fsp3) is 0.100. The van der Waals surface area contributed by atoms with Crippen LogP contribution in [0.2, 0.25) is 0 Å². The largest absolute Gasteiger partial charge is 0.398 e. The van der Waals surface area contributed by atoms with Crippen molar-refractivity contribution in [2.24, 2.45) is 5.73 Å². The maximum atomic E-state index is 6.13. The Hall–Kier alpha value is -5.46. The van der Waals surface area contributed by atoms with E-state index < -0.39 is 0 Å². The molecule has 214 valence electrons. The SMILES string of the molecule is C#C/C=C(\N)c1ccc(-c2c3ccccc3c(-c3ccc(Nc4ccccc4N)cc3)c3ccccc23)cc1.CC.CC. The van der Waals surface area contributed by atoms with E-state index in [9.17, 15) is 0 Å². The summed E-state index contributed by atoms with van der Waals surface area (Å²) in [5.74, 6) is 2.50. The van der Waals surface area contributed by atoms with Gasteiger partial charge in [-0.3, -0.25) is 0 Å². The zero-order valence-corrected chi connectivity index (χ0v) is 25.4. The van der Waals surface area contributed by atoms with Crippen molar-refractivity contribution in [3.05, 3.63) is 133 Å². The summed E-state index contributed by atoms with van der Waals surface area (Å²) >= 11 is 0. The van der Waals surface area contributed by atoms with Crippen molar-refractivity contribution in [3.8, 4) is 34.6 Å². The van der Waals surface area contributed by atoms with E-state index in [1.807, 2.05) is 64.1 Å². The molecule has 5 N–H and O–H groups in total.